The van der Waals surface area contributed by atoms with Crippen LogP contribution >= 0.6 is 0 Å². The number of phenols is 1. The summed E-state index contributed by atoms with van der Waals surface area (Å²) in [5.74, 6) is 3.68. The van der Waals surface area contributed by atoms with E-state index in [0.717, 1.165) is 36.7 Å². The lowest BCUT2D eigenvalue weighted by Crippen LogP contribution is -2.42. The molecule has 0 amide bonds. The zero-order chi connectivity index (χ0) is 17.8. The molecule has 136 valence electrons. The van der Waals surface area contributed by atoms with E-state index in [1.54, 1.807) is 6.92 Å². The van der Waals surface area contributed by atoms with Gasteiger partial charge in [0.15, 0.2) is 0 Å². The Bertz CT molecular complexity index is 692. The zero-order valence-electron chi connectivity index (χ0n) is 16.0. The topological polar surface area (TPSA) is 37.3 Å². The van der Waals surface area contributed by atoms with Gasteiger partial charge in [-0.1, -0.05) is 19.9 Å². The normalized spacial score (nSPS) is 36.4. The third-order valence-corrected chi connectivity index (χ3v) is 8.04. The van der Waals surface area contributed by atoms with Gasteiger partial charge in [-0.15, -0.1) is 0 Å². The first-order valence-corrected chi connectivity index (χ1v) is 10.3. The van der Waals surface area contributed by atoms with Gasteiger partial charge in [0.25, 0.3) is 0 Å². The van der Waals surface area contributed by atoms with Crippen LogP contribution in [0.3, 0.4) is 0 Å². The van der Waals surface area contributed by atoms with E-state index in [1.807, 2.05) is 6.07 Å². The lowest BCUT2D eigenvalue weighted by molar-refractivity contribution is -0.119. The Morgan fingerprint density at radius 1 is 1.24 bits per heavy atom. The summed E-state index contributed by atoms with van der Waals surface area (Å²) in [6.07, 6.45) is 9.13. The smallest absolute Gasteiger partial charge is 0.130 e. The lowest BCUT2D eigenvalue weighted by atomic mass is 9.54. The molecule has 4 rings (SSSR count). The molecule has 2 nitrogen and oxygen atoms in total. The van der Waals surface area contributed by atoms with E-state index in [9.17, 15) is 9.90 Å². The number of fused-ring (bicyclic) bond motifs is 5. The first kappa shape index (κ1) is 17.1. The van der Waals surface area contributed by atoms with E-state index in [0.29, 0.717) is 28.8 Å². The van der Waals surface area contributed by atoms with Crippen molar-refractivity contribution in [2.75, 3.05) is 0 Å². The molecule has 1 aromatic rings. The number of carbonyl (C=O) groups is 1. The third kappa shape index (κ3) is 2.64. The average Bonchev–Trinajstić information content (AvgIpc) is 2.90. The maximum absolute atomic E-state index is 11.7. The predicted octanol–water partition coefficient (Wildman–Crippen LogP) is 5.41. The highest BCUT2D eigenvalue weighted by Crippen LogP contribution is 2.63. The Hall–Kier alpha value is -1.31. The molecule has 0 radical (unpaired) electrons. The number of carbonyl (C=O) groups excluding carboxylic acids is 1. The number of rotatable bonds is 3. The van der Waals surface area contributed by atoms with Crippen LogP contribution in [0.25, 0.3) is 0 Å². The summed E-state index contributed by atoms with van der Waals surface area (Å²) in [4.78, 5) is 11.7. The number of Topliss-reactive ketones (excluding diaryl/α,β-unsaturated/α-hetero) is 1. The quantitative estimate of drug-likeness (QED) is 0.799. The van der Waals surface area contributed by atoms with Gasteiger partial charge in [0.05, 0.1) is 0 Å². The fourth-order valence-corrected chi connectivity index (χ4v) is 6.73. The van der Waals surface area contributed by atoms with E-state index in [4.69, 9.17) is 0 Å². The predicted molar refractivity (Wildman–Crippen MR) is 101 cm³/mol. The van der Waals surface area contributed by atoms with Crippen LogP contribution in [0.4, 0.5) is 0 Å². The molecule has 2 saturated carbocycles. The highest BCUT2D eigenvalue weighted by atomic mass is 16.3. The molecule has 3 aliphatic rings. The van der Waals surface area contributed by atoms with Crippen LogP contribution in [-0.2, 0) is 17.6 Å². The molecule has 0 aromatic heterocycles. The van der Waals surface area contributed by atoms with Gasteiger partial charge < -0.3 is 9.90 Å². The summed E-state index contributed by atoms with van der Waals surface area (Å²) in [6.45, 7) is 6.37. The molecule has 2 fully saturated rings. The maximum atomic E-state index is 11.7. The highest BCUT2D eigenvalue weighted by molar-refractivity contribution is 5.75. The molecule has 1 N–H and O–H groups in total. The molecule has 5 atom stereocenters. The van der Waals surface area contributed by atoms with Crippen molar-refractivity contribution in [3.8, 4) is 5.75 Å². The van der Waals surface area contributed by atoms with Gasteiger partial charge in [-0.2, -0.15) is 0 Å². The number of aromatic hydroxyl groups is 1. The summed E-state index contributed by atoms with van der Waals surface area (Å²) in [7, 11) is 0. The Balaban J connectivity index is 1.65. The monoisotopic (exact) mass is 340 g/mol. The molecule has 25 heavy (non-hydrogen) atoms. The molecule has 0 heterocycles. The third-order valence-electron chi connectivity index (χ3n) is 8.04. The Morgan fingerprint density at radius 3 is 2.76 bits per heavy atom. The summed E-state index contributed by atoms with van der Waals surface area (Å²) < 4.78 is 0. The van der Waals surface area contributed by atoms with Gasteiger partial charge in [-0.05, 0) is 104 Å². The van der Waals surface area contributed by atoms with Gasteiger partial charge in [-0.3, -0.25) is 0 Å². The molecule has 2 heteroatoms. The fourth-order valence-electron chi connectivity index (χ4n) is 6.73. The highest BCUT2D eigenvalue weighted by Gasteiger charge is 2.54. The van der Waals surface area contributed by atoms with Crippen LogP contribution in [0.5, 0.6) is 5.75 Å². The minimum Gasteiger partial charge on any atom is -0.508 e. The Kier molecular flexibility index (Phi) is 4.21. The van der Waals surface area contributed by atoms with E-state index in [2.05, 4.69) is 19.9 Å². The van der Waals surface area contributed by atoms with Crippen molar-refractivity contribution >= 4 is 5.78 Å². The van der Waals surface area contributed by atoms with Crippen LogP contribution in [0, 0.1) is 23.2 Å². The van der Waals surface area contributed by atoms with Gasteiger partial charge in [0.1, 0.15) is 11.5 Å². The van der Waals surface area contributed by atoms with Crippen molar-refractivity contribution in [2.24, 2.45) is 23.2 Å². The molecular formula is C23H32O2. The molecule has 3 aliphatic carbocycles. The summed E-state index contributed by atoms with van der Waals surface area (Å²) in [5, 5.41) is 10.2. The number of aryl methyl sites for hydroxylation is 2. The minimum absolute atomic E-state index is 0.367. The number of hydrogen-bond acceptors (Lipinski definition) is 2. The minimum atomic E-state index is 0.367. The van der Waals surface area contributed by atoms with Crippen LogP contribution in [0.1, 0.15) is 81.9 Å². The Labute approximate surface area is 152 Å². The molecule has 1 aromatic carbocycles. The summed E-state index contributed by atoms with van der Waals surface area (Å²) in [5.41, 5.74) is 4.39. The number of ketones is 1. The molecule has 0 aliphatic heterocycles. The second-order valence-electron chi connectivity index (χ2n) is 9.17. The van der Waals surface area contributed by atoms with Gasteiger partial charge in [-0.25, -0.2) is 0 Å². The molecule has 0 saturated heterocycles. The lowest BCUT2D eigenvalue weighted by Gasteiger charge is -2.51. The van der Waals surface area contributed by atoms with Crippen molar-refractivity contribution in [1.29, 1.82) is 0 Å². The van der Waals surface area contributed by atoms with Gasteiger partial charge in [0, 0.05) is 6.42 Å². The van der Waals surface area contributed by atoms with Crippen LogP contribution < -0.4 is 0 Å². The largest absolute Gasteiger partial charge is 0.508 e. The van der Waals surface area contributed by atoms with Crippen LogP contribution in [0.15, 0.2) is 12.1 Å². The van der Waals surface area contributed by atoms with Crippen molar-refractivity contribution in [3.63, 3.8) is 0 Å². The zero-order valence-corrected chi connectivity index (χ0v) is 16.0. The second-order valence-corrected chi connectivity index (χ2v) is 9.17. The van der Waals surface area contributed by atoms with E-state index in [1.165, 1.54) is 43.2 Å². The Morgan fingerprint density at radius 2 is 2.04 bits per heavy atom. The van der Waals surface area contributed by atoms with Crippen molar-refractivity contribution in [3.05, 3.63) is 28.8 Å². The van der Waals surface area contributed by atoms with E-state index in [-0.39, 0.29) is 0 Å². The second kappa shape index (κ2) is 6.14. The van der Waals surface area contributed by atoms with Crippen LogP contribution in [0.2, 0.25) is 0 Å². The molecule has 0 unspecified atom stereocenters. The molecular weight excluding hydrogens is 308 g/mol. The summed E-state index contributed by atoms with van der Waals surface area (Å²) >= 11 is 0. The molecule has 0 spiro atoms. The SMILES string of the molecule is CCc1cc2c(cc1O)CC[C@@H]1[C@@H]2CC[C@]2(C)[C@@H](CC(C)=O)CC[C@@H]12. The van der Waals surface area contributed by atoms with E-state index >= 15 is 0 Å². The van der Waals surface area contributed by atoms with Crippen molar-refractivity contribution in [1.82, 2.24) is 0 Å². The average molecular weight is 341 g/mol. The van der Waals surface area contributed by atoms with E-state index < -0.39 is 0 Å². The fraction of sp³-hybridized carbons (Fsp3) is 0.696. The number of hydrogen-bond donors (Lipinski definition) is 1. The summed E-state index contributed by atoms with van der Waals surface area (Å²) in [6, 6.07) is 4.36. The first-order chi connectivity index (χ1) is 11.9. The number of phenolic OH excluding ortho intramolecular Hbond substituents is 1. The first-order valence-electron chi connectivity index (χ1n) is 10.3. The van der Waals surface area contributed by atoms with Crippen molar-refractivity contribution < 1.29 is 9.90 Å². The van der Waals surface area contributed by atoms with Crippen molar-refractivity contribution in [2.45, 2.75) is 78.1 Å². The molecule has 0 bridgehead atoms. The van der Waals surface area contributed by atoms with Crippen LogP contribution in [-0.4, -0.2) is 10.9 Å². The standard InChI is InChI=1S/C23H32O2/c1-4-15-12-20-16(13-22(15)25)5-7-19-18(20)9-10-23(3)17(11-14(2)24)6-8-21(19)23/h12-13,17-19,21,25H,4-11H2,1-3H3/t17-,18+,19-,21+,23-/m1/s1. The maximum Gasteiger partial charge on any atom is 0.130 e. The number of benzene rings is 1. The van der Waals surface area contributed by atoms with Gasteiger partial charge >= 0.3 is 0 Å². The van der Waals surface area contributed by atoms with Gasteiger partial charge in [0.2, 0.25) is 0 Å².